The lowest BCUT2D eigenvalue weighted by Crippen LogP contribution is -2.21. The summed E-state index contributed by atoms with van der Waals surface area (Å²) in [5, 5.41) is 4.25. The van der Waals surface area contributed by atoms with Gasteiger partial charge in [-0.1, -0.05) is 0 Å². The number of likely N-dealkylation sites (tertiary alicyclic amines) is 1. The summed E-state index contributed by atoms with van der Waals surface area (Å²) >= 11 is 0. The molecule has 1 aliphatic rings. The van der Waals surface area contributed by atoms with Crippen LogP contribution in [0.5, 0.6) is 0 Å². The fourth-order valence-electron chi connectivity index (χ4n) is 2.21. The largest absolute Gasteiger partial charge is 0.382 e. The number of nitrogen functional groups attached to an aromatic ring is 1. The van der Waals surface area contributed by atoms with Crippen molar-refractivity contribution >= 4 is 5.82 Å². The van der Waals surface area contributed by atoms with E-state index in [1.54, 1.807) is 0 Å². The molecule has 2 heterocycles. The summed E-state index contributed by atoms with van der Waals surface area (Å²) in [5.74, 6) is 0.633. The Kier molecular flexibility index (Phi) is 3.26. The summed E-state index contributed by atoms with van der Waals surface area (Å²) in [6.07, 6.45) is 3.91. The lowest BCUT2D eigenvalue weighted by atomic mass is 10.4. The molecule has 1 fully saturated rings. The Bertz CT molecular complexity index is 312. The predicted molar refractivity (Wildman–Crippen MR) is 61.7 cm³/mol. The summed E-state index contributed by atoms with van der Waals surface area (Å²) in [4.78, 5) is 2.53. The Morgan fingerprint density at radius 3 is 2.67 bits per heavy atom. The van der Waals surface area contributed by atoms with Crippen molar-refractivity contribution in [2.45, 2.75) is 32.7 Å². The molecule has 4 nitrogen and oxygen atoms in total. The minimum absolute atomic E-state index is 0.633. The van der Waals surface area contributed by atoms with Crippen LogP contribution in [0.2, 0.25) is 0 Å². The van der Waals surface area contributed by atoms with Crippen LogP contribution < -0.4 is 5.73 Å². The first-order valence-corrected chi connectivity index (χ1v) is 5.78. The number of nitrogens with two attached hydrogens (primary N) is 1. The molecule has 4 heteroatoms. The highest BCUT2D eigenvalue weighted by Gasteiger charge is 2.10. The molecule has 0 saturated carbocycles. The molecule has 0 spiro atoms. The zero-order valence-corrected chi connectivity index (χ0v) is 9.45. The van der Waals surface area contributed by atoms with E-state index in [4.69, 9.17) is 5.73 Å². The summed E-state index contributed by atoms with van der Waals surface area (Å²) in [7, 11) is 0. The van der Waals surface area contributed by atoms with Crippen LogP contribution in [0.4, 0.5) is 5.82 Å². The monoisotopic (exact) mass is 208 g/mol. The second-order valence-corrected chi connectivity index (χ2v) is 4.34. The quantitative estimate of drug-likeness (QED) is 0.810. The molecule has 1 aromatic heterocycles. The molecule has 0 unspecified atom stereocenters. The van der Waals surface area contributed by atoms with Crippen molar-refractivity contribution in [2.24, 2.45) is 0 Å². The third-order valence-electron chi connectivity index (χ3n) is 3.04. The summed E-state index contributed by atoms with van der Waals surface area (Å²) in [6.45, 7) is 6.79. The van der Waals surface area contributed by atoms with Crippen LogP contribution in [0, 0.1) is 6.92 Å². The maximum absolute atomic E-state index is 5.63. The standard InChI is InChI=1S/C11H20N4/c1-10-9-11(12)13-15(10)8-4-7-14-5-2-3-6-14/h9H,2-8H2,1H3,(H2,12,13). The van der Waals surface area contributed by atoms with Gasteiger partial charge >= 0.3 is 0 Å². The Labute approximate surface area is 91.1 Å². The average Bonchev–Trinajstić information content (AvgIpc) is 2.77. The molecule has 0 amide bonds. The van der Waals surface area contributed by atoms with Gasteiger partial charge in [0.25, 0.3) is 0 Å². The predicted octanol–water partition coefficient (Wildman–Crippen LogP) is 1.26. The number of rotatable bonds is 4. The number of hydrogen-bond acceptors (Lipinski definition) is 3. The third kappa shape index (κ3) is 2.72. The Hall–Kier alpha value is -1.03. The molecule has 1 aromatic rings. The van der Waals surface area contributed by atoms with Gasteiger partial charge in [-0.2, -0.15) is 5.10 Å². The van der Waals surface area contributed by atoms with Gasteiger partial charge < -0.3 is 10.6 Å². The molecule has 0 aromatic carbocycles. The van der Waals surface area contributed by atoms with E-state index >= 15 is 0 Å². The second-order valence-electron chi connectivity index (χ2n) is 4.34. The van der Waals surface area contributed by atoms with E-state index in [-0.39, 0.29) is 0 Å². The van der Waals surface area contributed by atoms with Crippen LogP contribution in [0.3, 0.4) is 0 Å². The molecule has 0 aliphatic carbocycles. The Balaban J connectivity index is 1.75. The van der Waals surface area contributed by atoms with Gasteiger partial charge in [-0.05, 0) is 45.8 Å². The van der Waals surface area contributed by atoms with Crippen molar-refractivity contribution < 1.29 is 0 Å². The van der Waals surface area contributed by atoms with Gasteiger partial charge in [0.15, 0.2) is 0 Å². The molecular formula is C11H20N4. The number of anilines is 1. The molecule has 0 bridgehead atoms. The van der Waals surface area contributed by atoms with Gasteiger partial charge in [0.1, 0.15) is 5.82 Å². The summed E-state index contributed by atoms with van der Waals surface area (Å²) < 4.78 is 2.01. The highest BCUT2D eigenvalue weighted by Crippen LogP contribution is 2.09. The minimum Gasteiger partial charge on any atom is -0.382 e. The molecule has 15 heavy (non-hydrogen) atoms. The van der Waals surface area contributed by atoms with Gasteiger partial charge in [-0.25, -0.2) is 0 Å². The average molecular weight is 208 g/mol. The number of aryl methyl sites for hydroxylation is 2. The molecule has 2 rings (SSSR count). The first kappa shape index (κ1) is 10.5. The van der Waals surface area contributed by atoms with Crippen molar-refractivity contribution in [1.29, 1.82) is 0 Å². The van der Waals surface area contributed by atoms with Crippen molar-refractivity contribution in [2.75, 3.05) is 25.4 Å². The maximum atomic E-state index is 5.63. The van der Waals surface area contributed by atoms with Crippen molar-refractivity contribution in [3.63, 3.8) is 0 Å². The fourth-order valence-corrected chi connectivity index (χ4v) is 2.21. The molecule has 0 atom stereocenters. The number of aromatic nitrogens is 2. The number of nitrogens with zero attached hydrogens (tertiary/aromatic N) is 3. The van der Waals surface area contributed by atoms with E-state index < -0.39 is 0 Å². The van der Waals surface area contributed by atoms with Crippen molar-refractivity contribution in [3.05, 3.63) is 11.8 Å². The van der Waals surface area contributed by atoms with Crippen LogP contribution in [0.25, 0.3) is 0 Å². The third-order valence-corrected chi connectivity index (χ3v) is 3.04. The van der Waals surface area contributed by atoms with E-state index in [1.165, 1.54) is 38.9 Å². The first-order chi connectivity index (χ1) is 7.25. The lowest BCUT2D eigenvalue weighted by molar-refractivity contribution is 0.321. The highest BCUT2D eigenvalue weighted by atomic mass is 15.3. The van der Waals surface area contributed by atoms with E-state index in [0.29, 0.717) is 5.82 Å². The van der Waals surface area contributed by atoms with Gasteiger partial charge in [0, 0.05) is 18.3 Å². The SMILES string of the molecule is Cc1cc(N)nn1CCCN1CCCC1. The van der Waals surface area contributed by atoms with Crippen LogP contribution in [0.1, 0.15) is 25.0 Å². The van der Waals surface area contributed by atoms with E-state index in [0.717, 1.165) is 12.2 Å². The summed E-state index contributed by atoms with van der Waals surface area (Å²) in [6, 6.07) is 1.93. The minimum atomic E-state index is 0.633. The van der Waals surface area contributed by atoms with E-state index in [2.05, 4.69) is 16.9 Å². The highest BCUT2D eigenvalue weighted by molar-refractivity contribution is 5.28. The van der Waals surface area contributed by atoms with Gasteiger partial charge in [0.2, 0.25) is 0 Å². The van der Waals surface area contributed by atoms with Crippen LogP contribution in [-0.4, -0.2) is 34.3 Å². The molecule has 1 aliphatic heterocycles. The molecular weight excluding hydrogens is 188 g/mol. The second kappa shape index (κ2) is 4.66. The van der Waals surface area contributed by atoms with E-state index in [1.807, 2.05) is 10.7 Å². The molecule has 0 radical (unpaired) electrons. The fraction of sp³-hybridized carbons (Fsp3) is 0.727. The van der Waals surface area contributed by atoms with Gasteiger partial charge in [-0.3, -0.25) is 4.68 Å². The van der Waals surface area contributed by atoms with Crippen LogP contribution in [0.15, 0.2) is 6.07 Å². The maximum Gasteiger partial charge on any atom is 0.145 e. The van der Waals surface area contributed by atoms with Crippen molar-refractivity contribution in [3.8, 4) is 0 Å². The van der Waals surface area contributed by atoms with Crippen LogP contribution >= 0.6 is 0 Å². The zero-order chi connectivity index (χ0) is 10.7. The normalized spacial score (nSPS) is 17.4. The Morgan fingerprint density at radius 1 is 1.33 bits per heavy atom. The Morgan fingerprint density at radius 2 is 2.07 bits per heavy atom. The molecule has 84 valence electrons. The smallest absolute Gasteiger partial charge is 0.145 e. The number of hydrogen-bond donors (Lipinski definition) is 1. The van der Waals surface area contributed by atoms with Crippen LogP contribution in [-0.2, 0) is 6.54 Å². The topological polar surface area (TPSA) is 47.1 Å². The van der Waals surface area contributed by atoms with E-state index in [9.17, 15) is 0 Å². The zero-order valence-electron chi connectivity index (χ0n) is 9.45. The lowest BCUT2D eigenvalue weighted by Gasteiger charge is -2.14. The van der Waals surface area contributed by atoms with Gasteiger partial charge in [0.05, 0.1) is 0 Å². The summed E-state index contributed by atoms with van der Waals surface area (Å²) in [5.41, 5.74) is 6.79. The molecule has 1 saturated heterocycles. The van der Waals surface area contributed by atoms with Gasteiger partial charge in [-0.15, -0.1) is 0 Å². The molecule has 2 N–H and O–H groups in total. The van der Waals surface area contributed by atoms with Crippen molar-refractivity contribution in [1.82, 2.24) is 14.7 Å². The first-order valence-electron chi connectivity index (χ1n) is 5.78.